The Morgan fingerprint density at radius 3 is 2.93 bits per heavy atom. The fourth-order valence-corrected chi connectivity index (χ4v) is 1.17. The normalized spacial score (nSPS) is 9.50. The van der Waals surface area contributed by atoms with Gasteiger partial charge in [0.25, 0.3) is 0 Å². The van der Waals surface area contributed by atoms with Crippen LogP contribution in [0.2, 0.25) is 0 Å². The molecule has 2 N–H and O–H groups in total. The number of rotatable bonds is 4. The summed E-state index contributed by atoms with van der Waals surface area (Å²) >= 11 is 0. The zero-order valence-corrected chi connectivity index (χ0v) is 8.08. The number of carbonyl (C=O) groups is 1. The average molecular weight is 191 g/mol. The standard InChI is InChI=1S/C11H13NO2/c1-3-6-12-10-7-8(2)4-5-9(10)11(13)14/h3-5,7,12H,1,6H2,2H3,(H,13,14). The second-order valence-corrected chi connectivity index (χ2v) is 3.02. The van der Waals surface area contributed by atoms with E-state index in [0.29, 0.717) is 12.2 Å². The van der Waals surface area contributed by atoms with Crippen LogP contribution in [0.1, 0.15) is 15.9 Å². The lowest BCUT2D eigenvalue weighted by molar-refractivity contribution is 0.0698. The number of hydrogen-bond acceptors (Lipinski definition) is 2. The van der Waals surface area contributed by atoms with E-state index < -0.39 is 5.97 Å². The minimum Gasteiger partial charge on any atom is -0.478 e. The van der Waals surface area contributed by atoms with E-state index in [1.165, 1.54) is 0 Å². The van der Waals surface area contributed by atoms with Gasteiger partial charge in [-0.15, -0.1) is 6.58 Å². The third-order valence-corrected chi connectivity index (χ3v) is 1.84. The van der Waals surface area contributed by atoms with Gasteiger partial charge in [-0.3, -0.25) is 0 Å². The fourth-order valence-electron chi connectivity index (χ4n) is 1.17. The van der Waals surface area contributed by atoms with Gasteiger partial charge in [-0.2, -0.15) is 0 Å². The van der Waals surface area contributed by atoms with Gasteiger partial charge in [0.2, 0.25) is 0 Å². The first kappa shape index (κ1) is 10.3. The third kappa shape index (κ3) is 2.36. The summed E-state index contributed by atoms with van der Waals surface area (Å²) in [4.78, 5) is 10.8. The van der Waals surface area contributed by atoms with E-state index >= 15 is 0 Å². The molecule has 0 aliphatic heterocycles. The lowest BCUT2D eigenvalue weighted by Crippen LogP contribution is -2.06. The topological polar surface area (TPSA) is 49.3 Å². The molecule has 1 aromatic carbocycles. The smallest absolute Gasteiger partial charge is 0.337 e. The van der Waals surface area contributed by atoms with Crippen LogP contribution in [0.25, 0.3) is 0 Å². The van der Waals surface area contributed by atoms with Crippen LogP contribution < -0.4 is 5.32 Å². The van der Waals surface area contributed by atoms with Gasteiger partial charge in [-0.05, 0) is 24.6 Å². The Labute approximate surface area is 83.1 Å². The lowest BCUT2D eigenvalue weighted by Gasteiger charge is -2.08. The molecule has 0 aliphatic rings. The third-order valence-electron chi connectivity index (χ3n) is 1.84. The highest BCUT2D eigenvalue weighted by atomic mass is 16.4. The zero-order chi connectivity index (χ0) is 10.6. The molecule has 0 amide bonds. The van der Waals surface area contributed by atoms with Crippen molar-refractivity contribution in [2.75, 3.05) is 11.9 Å². The number of nitrogens with one attached hydrogen (secondary N) is 1. The van der Waals surface area contributed by atoms with Crippen molar-refractivity contribution in [3.8, 4) is 0 Å². The molecule has 0 bridgehead atoms. The summed E-state index contributed by atoms with van der Waals surface area (Å²) in [5, 5.41) is 11.9. The van der Waals surface area contributed by atoms with Gasteiger partial charge < -0.3 is 10.4 Å². The summed E-state index contributed by atoms with van der Waals surface area (Å²) in [5.74, 6) is -0.920. The maximum absolute atomic E-state index is 10.8. The Bertz CT molecular complexity index is 358. The first-order chi connectivity index (χ1) is 6.65. The van der Waals surface area contributed by atoms with Gasteiger partial charge in [-0.25, -0.2) is 4.79 Å². The molecule has 0 heterocycles. The van der Waals surface area contributed by atoms with E-state index in [2.05, 4.69) is 11.9 Å². The molecule has 0 aromatic heterocycles. The highest BCUT2D eigenvalue weighted by Crippen LogP contribution is 2.17. The number of hydrogen-bond donors (Lipinski definition) is 2. The molecule has 0 spiro atoms. The monoisotopic (exact) mass is 191 g/mol. The Kier molecular flexibility index (Phi) is 3.29. The molecule has 0 radical (unpaired) electrons. The molecular formula is C11H13NO2. The second-order valence-electron chi connectivity index (χ2n) is 3.02. The van der Waals surface area contributed by atoms with Crippen molar-refractivity contribution in [1.82, 2.24) is 0 Å². The van der Waals surface area contributed by atoms with Gasteiger partial charge in [-0.1, -0.05) is 12.1 Å². The second kappa shape index (κ2) is 4.46. The zero-order valence-electron chi connectivity index (χ0n) is 8.08. The van der Waals surface area contributed by atoms with Crippen LogP contribution in [-0.2, 0) is 0 Å². The maximum Gasteiger partial charge on any atom is 0.337 e. The molecule has 1 aromatic rings. The highest BCUT2D eigenvalue weighted by molar-refractivity contribution is 5.94. The minimum atomic E-state index is -0.920. The van der Waals surface area contributed by atoms with Gasteiger partial charge >= 0.3 is 5.97 Å². The molecule has 0 fully saturated rings. The van der Waals surface area contributed by atoms with E-state index in [-0.39, 0.29) is 5.56 Å². The summed E-state index contributed by atoms with van der Waals surface area (Å²) in [6.07, 6.45) is 1.69. The Balaban J connectivity index is 3.02. The number of benzene rings is 1. The molecular weight excluding hydrogens is 178 g/mol. The molecule has 14 heavy (non-hydrogen) atoms. The lowest BCUT2D eigenvalue weighted by atomic mass is 10.1. The molecule has 0 aliphatic carbocycles. The van der Waals surface area contributed by atoms with Crippen LogP contribution in [0.4, 0.5) is 5.69 Å². The van der Waals surface area contributed by atoms with E-state index in [9.17, 15) is 4.79 Å². The number of aromatic carboxylic acids is 1. The van der Waals surface area contributed by atoms with Crippen molar-refractivity contribution in [2.24, 2.45) is 0 Å². The number of anilines is 1. The van der Waals surface area contributed by atoms with E-state index in [0.717, 1.165) is 5.56 Å². The Morgan fingerprint density at radius 1 is 1.64 bits per heavy atom. The summed E-state index contributed by atoms with van der Waals surface area (Å²) in [5.41, 5.74) is 1.96. The van der Waals surface area contributed by atoms with Crippen molar-refractivity contribution in [2.45, 2.75) is 6.92 Å². The maximum atomic E-state index is 10.8. The first-order valence-corrected chi connectivity index (χ1v) is 4.34. The Morgan fingerprint density at radius 2 is 2.36 bits per heavy atom. The van der Waals surface area contributed by atoms with E-state index in [1.807, 2.05) is 13.0 Å². The average Bonchev–Trinajstić information content (AvgIpc) is 2.14. The van der Waals surface area contributed by atoms with Crippen molar-refractivity contribution in [3.63, 3.8) is 0 Å². The van der Waals surface area contributed by atoms with Gasteiger partial charge in [0.1, 0.15) is 0 Å². The molecule has 3 nitrogen and oxygen atoms in total. The van der Waals surface area contributed by atoms with Crippen molar-refractivity contribution in [1.29, 1.82) is 0 Å². The van der Waals surface area contributed by atoms with Crippen LogP contribution in [0.5, 0.6) is 0 Å². The van der Waals surface area contributed by atoms with Gasteiger partial charge in [0.15, 0.2) is 0 Å². The number of carboxylic acid groups (broad SMARTS) is 1. The molecule has 3 heteroatoms. The van der Waals surface area contributed by atoms with Crippen LogP contribution in [0.15, 0.2) is 30.9 Å². The molecule has 0 saturated carbocycles. The SMILES string of the molecule is C=CCNc1cc(C)ccc1C(=O)O. The molecule has 1 rings (SSSR count). The summed E-state index contributed by atoms with van der Waals surface area (Å²) in [7, 11) is 0. The predicted molar refractivity (Wildman–Crippen MR) is 56.8 cm³/mol. The van der Waals surface area contributed by atoms with E-state index in [1.54, 1.807) is 18.2 Å². The summed E-state index contributed by atoms with van der Waals surface area (Å²) in [6, 6.07) is 5.19. The van der Waals surface area contributed by atoms with Crippen molar-refractivity contribution >= 4 is 11.7 Å². The van der Waals surface area contributed by atoms with Gasteiger partial charge in [0.05, 0.1) is 5.56 Å². The van der Waals surface area contributed by atoms with E-state index in [4.69, 9.17) is 5.11 Å². The summed E-state index contributed by atoms with van der Waals surface area (Å²) in [6.45, 7) is 6.04. The Hall–Kier alpha value is -1.77. The minimum absolute atomic E-state index is 0.289. The number of carboxylic acids is 1. The highest BCUT2D eigenvalue weighted by Gasteiger charge is 2.08. The quantitative estimate of drug-likeness (QED) is 0.718. The fraction of sp³-hybridized carbons (Fsp3) is 0.182. The van der Waals surface area contributed by atoms with Crippen LogP contribution in [0, 0.1) is 6.92 Å². The largest absolute Gasteiger partial charge is 0.478 e. The van der Waals surface area contributed by atoms with Gasteiger partial charge in [0, 0.05) is 12.2 Å². The molecule has 0 atom stereocenters. The molecule has 74 valence electrons. The van der Waals surface area contributed by atoms with Crippen LogP contribution in [0.3, 0.4) is 0 Å². The van der Waals surface area contributed by atoms with Crippen molar-refractivity contribution < 1.29 is 9.90 Å². The predicted octanol–water partition coefficient (Wildman–Crippen LogP) is 2.29. The summed E-state index contributed by atoms with van der Waals surface area (Å²) < 4.78 is 0. The van der Waals surface area contributed by atoms with Crippen molar-refractivity contribution in [3.05, 3.63) is 42.0 Å². The molecule has 0 unspecified atom stereocenters. The number of aryl methyl sites for hydroxylation is 1. The first-order valence-electron chi connectivity index (χ1n) is 4.34. The van der Waals surface area contributed by atoms with Crippen LogP contribution in [-0.4, -0.2) is 17.6 Å². The van der Waals surface area contributed by atoms with Crippen LogP contribution >= 0.6 is 0 Å². The molecule has 0 saturated heterocycles.